The van der Waals surface area contributed by atoms with Gasteiger partial charge in [0, 0.05) is 31.2 Å². The van der Waals surface area contributed by atoms with Gasteiger partial charge in [-0.05, 0) is 31.4 Å². The molecule has 7 nitrogen and oxygen atoms in total. The molecule has 0 amide bonds. The zero-order valence-electron chi connectivity index (χ0n) is 17.4. The van der Waals surface area contributed by atoms with Gasteiger partial charge < -0.3 is 20.3 Å². The van der Waals surface area contributed by atoms with Gasteiger partial charge in [0.1, 0.15) is 34.9 Å². The maximum atomic E-state index is 15.0. The fraction of sp³-hybridized carbons (Fsp3) is 0.409. The Kier molecular flexibility index (Phi) is 4.77. The SMILES string of the molecule is Fc1cc2ncnc(Nc3ccc(OCC4(F)CC4)c(Cl)c3F)c2nc1N1C[C@@H]2C[C@H]1CN2. The molecule has 1 aliphatic carbocycles. The molecular weight excluding hydrogens is 457 g/mol. The lowest BCUT2D eigenvalue weighted by Gasteiger charge is -2.28. The molecule has 3 fully saturated rings. The van der Waals surface area contributed by atoms with Crippen molar-refractivity contribution in [3.63, 3.8) is 0 Å². The normalized spacial score (nSPS) is 22.7. The molecule has 0 spiro atoms. The molecule has 2 bridgehead atoms. The Labute approximate surface area is 192 Å². The highest BCUT2D eigenvalue weighted by atomic mass is 35.5. The first kappa shape index (κ1) is 20.7. The molecule has 172 valence electrons. The largest absolute Gasteiger partial charge is 0.489 e. The second-order valence-corrected chi connectivity index (χ2v) is 9.21. The minimum absolute atomic E-state index is 0.0332. The van der Waals surface area contributed by atoms with Gasteiger partial charge in [0.2, 0.25) is 0 Å². The van der Waals surface area contributed by atoms with Crippen LogP contribution in [0.5, 0.6) is 5.75 Å². The number of piperazine rings is 1. The van der Waals surface area contributed by atoms with Gasteiger partial charge in [0.15, 0.2) is 23.3 Å². The number of nitrogens with zero attached hydrogens (tertiary/aromatic N) is 4. The van der Waals surface area contributed by atoms with Gasteiger partial charge in [-0.3, -0.25) is 0 Å². The summed E-state index contributed by atoms with van der Waals surface area (Å²) < 4.78 is 49.0. The van der Waals surface area contributed by atoms with Crippen molar-refractivity contribution in [2.45, 2.75) is 37.0 Å². The number of alkyl halides is 1. The van der Waals surface area contributed by atoms with Crippen LogP contribution >= 0.6 is 11.6 Å². The highest BCUT2D eigenvalue weighted by molar-refractivity contribution is 6.32. The highest BCUT2D eigenvalue weighted by Crippen LogP contribution is 2.41. The number of aromatic nitrogens is 3. The van der Waals surface area contributed by atoms with Gasteiger partial charge in [-0.25, -0.2) is 28.1 Å². The van der Waals surface area contributed by atoms with E-state index < -0.39 is 17.3 Å². The quantitative estimate of drug-likeness (QED) is 0.554. The van der Waals surface area contributed by atoms with Crippen LogP contribution < -0.4 is 20.3 Å². The number of hydrogen-bond acceptors (Lipinski definition) is 7. The van der Waals surface area contributed by atoms with Crippen LogP contribution in [0.3, 0.4) is 0 Å². The van der Waals surface area contributed by atoms with Gasteiger partial charge >= 0.3 is 0 Å². The third-order valence-corrected chi connectivity index (χ3v) is 6.81. The average Bonchev–Trinajstić information content (AvgIpc) is 3.19. The molecule has 0 unspecified atom stereocenters. The number of nitrogens with one attached hydrogen (secondary N) is 2. The highest BCUT2D eigenvalue weighted by Gasteiger charge is 2.44. The third-order valence-electron chi connectivity index (χ3n) is 6.45. The van der Waals surface area contributed by atoms with Crippen molar-refractivity contribution in [1.82, 2.24) is 20.3 Å². The predicted molar refractivity (Wildman–Crippen MR) is 118 cm³/mol. The Morgan fingerprint density at radius 3 is 2.85 bits per heavy atom. The monoisotopic (exact) mass is 476 g/mol. The summed E-state index contributed by atoms with van der Waals surface area (Å²) in [4.78, 5) is 14.8. The van der Waals surface area contributed by atoms with Crippen molar-refractivity contribution in [2.24, 2.45) is 0 Å². The molecule has 0 radical (unpaired) electrons. The van der Waals surface area contributed by atoms with Crippen molar-refractivity contribution < 1.29 is 17.9 Å². The Bertz CT molecular complexity index is 1260. The van der Waals surface area contributed by atoms with E-state index in [1.165, 1.54) is 24.5 Å². The van der Waals surface area contributed by atoms with E-state index >= 15 is 0 Å². The van der Waals surface area contributed by atoms with Crippen molar-refractivity contribution in [3.8, 4) is 5.75 Å². The second-order valence-electron chi connectivity index (χ2n) is 8.83. The van der Waals surface area contributed by atoms with Crippen molar-refractivity contribution in [3.05, 3.63) is 41.2 Å². The van der Waals surface area contributed by atoms with Crippen molar-refractivity contribution in [1.29, 1.82) is 0 Å². The van der Waals surface area contributed by atoms with E-state index in [-0.39, 0.29) is 40.7 Å². The maximum absolute atomic E-state index is 15.0. The van der Waals surface area contributed by atoms with Gasteiger partial charge in [0.25, 0.3) is 0 Å². The molecule has 2 aliphatic heterocycles. The van der Waals surface area contributed by atoms with E-state index in [4.69, 9.17) is 16.3 Å². The summed E-state index contributed by atoms with van der Waals surface area (Å²) in [6, 6.07) is 4.71. The average molecular weight is 477 g/mol. The number of anilines is 3. The Balaban J connectivity index is 1.31. The topological polar surface area (TPSA) is 75.2 Å². The van der Waals surface area contributed by atoms with E-state index in [0.29, 0.717) is 36.5 Å². The Hall–Kier alpha value is -2.85. The number of pyridine rings is 1. The standard InChI is InChI=1S/C22H20ClF3N6O/c23-17-16(33-9-22(26)3-4-22)2-1-14(18(17)25)30-20-19-15(28-10-29-20)6-13(24)21(31-19)32-8-11-5-12(32)7-27-11/h1-2,6,10-12,27H,3-5,7-9H2,(H,28,29,30)/t11-,12-/m0/s1. The summed E-state index contributed by atoms with van der Waals surface area (Å²) in [5.74, 6) is -0.715. The maximum Gasteiger partial charge on any atom is 0.169 e. The van der Waals surface area contributed by atoms with E-state index in [1.54, 1.807) is 0 Å². The summed E-state index contributed by atoms with van der Waals surface area (Å²) in [5.41, 5.74) is -0.708. The zero-order chi connectivity index (χ0) is 22.7. The Morgan fingerprint density at radius 1 is 1.27 bits per heavy atom. The molecule has 2 saturated heterocycles. The first-order chi connectivity index (χ1) is 15.9. The van der Waals surface area contributed by atoms with Crippen LogP contribution in [0.2, 0.25) is 5.02 Å². The molecule has 1 aromatic carbocycles. The summed E-state index contributed by atoms with van der Waals surface area (Å²) >= 11 is 6.13. The summed E-state index contributed by atoms with van der Waals surface area (Å²) in [5, 5.41) is 6.00. The molecule has 4 heterocycles. The number of hydrogen-bond donors (Lipinski definition) is 2. The fourth-order valence-corrected chi connectivity index (χ4v) is 4.64. The number of rotatable bonds is 6. The van der Waals surface area contributed by atoms with Crippen LogP contribution in [0.1, 0.15) is 19.3 Å². The first-order valence-corrected chi connectivity index (χ1v) is 11.2. The summed E-state index contributed by atoms with van der Waals surface area (Å²) in [7, 11) is 0. The van der Waals surface area contributed by atoms with Gasteiger partial charge in [-0.15, -0.1) is 0 Å². The van der Waals surface area contributed by atoms with Crippen LogP contribution in [0.25, 0.3) is 11.0 Å². The molecule has 2 aromatic heterocycles. The van der Waals surface area contributed by atoms with Gasteiger partial charge in [-0.2, -0.15) is 0 Å². The fourth-order valence-electron chi connectivity index (χ4n) is 4.42. The lowest BCUT2D eigenvalue weighted by molar-refractivity contribution is 0.177. The minimum Gasteiger partial charge on any atom is -0.489 e. The smallest absolute Gasteiger partial charge is 0.169 e. The van der Waals surface area contributed by atoms with Crippen LogP contribution in [0.15, 0.2) is 24.5 Å². The molecule has 2 N–H and O–H groups in total. The second kappa shape index (κ2) is 7.59. The predicted octanol–water partition coefficient (Wildman–Crippen LogP) is 4.13. The lowest BCUT2D eigenvalue weighted by Crippen LogP contribution is -2.44. The van der Waals surface area contributed by atoms with Crippen LogP contribution in [0, 0.1) is 11.6 Å². The summed E-state index contributed by atoms with van der Waals surface area (Å²) in [6.07, 6.45) is 3.05. The van der Waals surface area contributed by atoms with E-state index in [0.717, 1.165) is 13.0 Å². The molecule has 2 atom stereocenters. The van der Waals surface area contributed by atoms with E-state index in [9.17, 15) is 13.2 Å². The number of benzene rings is 1. The number of halogens is 4. The molecule has 6 rings (SSSR count). The molecule has 1 saturated carbocycles. The molecule has 33 heavy (non-hydrogen) atoms. The molecule has 11 heteroatoms. The molecular formula is C22H20ClF3N6O. The number of fused-ring (bicyclic) bond motifs is 3. The summed E-state index contributed by atoms with van der Waals surface area (Å²) in [6.45, 7) is 1.28. The van der Waals surface area contributed by atoms with Crippen molar-refractivity contribution in [2.75, 3.05) is 29.9 Å². The molecule has 3 aliphatic rings. The van der Waals surface area contributed by atoms with Crippen LogP contribution in [-0.2, 0) is 0 Å². The van der Waals surface area contributed by atoms with E-state index in [1.807, 2.05) is 4.90 Å². The zero-order valence-corrected chi connectivity index (χ0v) is 18.2. The third kappa shape index (κ3) is 3.71. The van der Waals surface area contributed by atoms with Crippen LogP contribution in [-0.4, -0.2) is 52.4 Å². The van der Waals surface area contributed by atoms with Gasteiger partial charge in [-0.1, -0.05) is 11.6 Å². The van der Waals surface area contributed by atoms with Crippen LogP contribution in [0.4, 0.5) is 30.5 Å². The van der Waals surface area contributed by atoms with Crippen molar-refractivity contribution >= 4 is 40.0 Å². The molecule has 3 aromatic rings. The number of ether oxygens (including phenoxy) is 1. The van der Waals surface area contributed by atoms with E-state index in [2.05, 4.69) is 25.6 Å². The minimum atomic E-state index is -1.35. The Morgan fingerprint density at radius 2 is 2.12 bits per heavy atom. The van der Waals surface area contributed by atoms with Gasteiger partial charge in [0.05, 0.1) is 11.2 Å². The lowest BCUT2D eigenvalue weighted by atomic mass is 10.2. The first-order valence-electron chi connectivity index (χ1n) is 10.8.